The summed E-state index contributed by atoms with van der Waals surface area (Å²) in [4.78, 5) is 39.4. The summed E-state index contributed by atoms with van der Waals surface area (Å²) < 4.78 is 6.02. The Balaban J connectivity index is 1.73. The maximum atomic E-state index is 13.6. The molecule has 7 heteroatoms. The molecule has 2 heterocycles. The van der Waals surface area contributed by atoms with Gasteiger partial charge in [0.2, 0.25) is 5.76 Å². The van der Waals surface area contributed by atoms with Crippen molar-refractivity contribution < 1.29 is 14.1 Å². The van der Waals surface area contributed by atoms with Gasteiger partial charge in [0.15, 0.2) is 5.43 Å². The van der Waals surface area contributed by atoms with Gasteiger partial charge in [-0.05, 0) is 60.4 Å². The summed E-state index contributed by atoms with van der Waals surface area (Å²) in [6.45, 7) is 4.10. The minimum Gasteiger partial charge on any atom is -0.450 e. The molecular weight excluding hydrogens is 420 g/mol. The fraction of sp³-hybridized carbons (Fsp3) is 0.154. The number of carbonyl (C=O) groups excluding carboxylic acids is 1. The van der Waals surface area contributed by atoms with Gasteiger partial charge in [-0.2, -0.15) is 0 Å². The molecule has 0 saturated heterocycles. The average molecular weight is 440 g/mol. The average Bonchev–Trinajstić information content (AvgIpc) is 3.08. The van der Waals surface area contributed by atoms with Crippen LogP contribution < -0.4 is 5.43 Å². The van der Waals surface area contributed by atoms with Crippen LogP contribution in [0.25, 0.3) is 11.0 Å². The Morgan fingerprint density at radius 1 is 0.970 bits per heavy atom. The van der Waals surface area contributed by atoms with Crippen LogP contribution in [-0.2, 0) is 6.54 Å². The van der Waals surface area contributed by atoms with Crippen molar-refractivity contribution in [2.75, 3.05) is 0 Å². The van der Waals surface area contributed by atoms with Crippen molar-refractivity contribution in [1.29, 1.82) is 0 Å². The molecule has 1 aliphatic rings. The molecule has 3 aromatic carbocycles. The summed E-state index contributed by atoms with van der Waals surface area (Å²) in [5, 5.41) is 11.5. The third-order valence-electron chi connectivity index (χ3n) is 6.20. The van der Waals surface area contributed by atoms with Gasteiger partial charge >= 0.3 is 0 Å². The molecule has 0 saturated carbocycles. The van der Waals surface area contributed by atoms with E-state index in [2.05, 4.69) is 0 Å². The highest BCUT2D eigenvalue weighted by Gasteiger charge is 2.42. The Morgan fingerprint density at radius 3 is 2.30 bits per heavy atom. The third-order valence-corrected chi connectivity index (χ3v) is 6.20. The number of fused-ring (bicyclic) bond motifs is 2. The molecule has 0 spiro atoms. The minimum absolute atomic E-state index is 0.0232. The van der Waals surface area contributed by atoms with E-state index in [9.17, 15) is 19.7 Å². The molecule has 1 aliphatic heterocycles. The first kappa shape index (κ1) is 20.6. The summed E-state index contributed by atoms with van der Waals surface area (Å²) in [5.41, 5.74) is 3.74. The quantitative estimate of drug-likeness (QED) is 0.326. The van der Waals surface area contributed by atoms with Crippen LogP contribution in [-0.4, -0.2) is 15.7 Å². The molecule has 0 fully saturated rings. The lowest BCUT2D eigenvalue weighted by Crippen LogP contribution is -2.29. The first-order chi connectivity index (χ1) is 15.8. The van der Waals surface area contributed by atoms with Crippen molar-refractivity contribution in [1.82, 2.24) is 4.90 Å². The SMILES string of the molecule is Cc1cc2oc3c(c(=O)c2cc1C)[C@@H](c1ccc([N+](=O)[O-])cc1)N(Cc1ccccc1)C3=O. The van der Waals surface area contributed by atoms with Crippen molar-refractivity contribution in [2.24, 2.45) is 0 Å². The second kappa shape index (κ2) is 7.70. The number of amides is 1. The van der Waals surface area contributed by atoms with Crippen LogP contribution in [0.2, 0.25) is 0 Å². The van der Waals surface area contributed by atoms with Gasteiger partial charge in [0.1, 0.15) is 5.58 Å². The number of nitrogens with zero attached hydrogens (tertiary/aromatic N) is 2. The molecule has 0 radical (unpaired) electrons. The van der Waals surface area contributed by atoms with Crippen LogP contribution in [0.15, 0.2) is 75.9 Å². The van der Waals surface area contributed by atoms with Crippen LogP contribution >= 0.6 is 0 Å². The molecule has 1 atom stereocenters. The number of non-ortho nitro benzene ring substituents is 1. The molecule has 0 bridgehead atoms. The number of benzene rings is 3. The van der Waals surface area contributed by atoms with Crippen molar-refractivity contribution in [3.8, 4) is 0 Å². The van der Waals surface area contributed by atoms with Gasteiger partial charge in [0.05, 0.1) is 21.9 Å². The van der Waals surface area contributed by atoms with Crippen LogP contribution in [0.3, 0.4) is 0 Å². The van der Waals surface area contributed by atoms with Gasteiger partial charge in [-0.25, -0.2) is 0 Å². The van der Waals surface area contributed by atoms with E-state index in [1.807, 2.05) is 44.2 Å². The summed E-state index contributed by atoms with van der Waals surface area (Å²) in [5.74, 6) is -0.357. The lowest BCUT2D eigenvalue weighted by atomic mass is 9.97. The van der Waals surface area contributed by atoms with E-state index in [0.29, 0.717) is 16.5 Å². The van der Waals surface area contributed by atoms with Crippen molar-refractivity contribution >= 4 is 22.6 Å². The van der Waals surface area contributed by atoms with Crippen LogP contribution in [0, 0.1) is 24.0 Å². The summed E-state index contributed by atoms with van der Waals surface area (Å²) >= 11 is 0. The number of hydrogen-bond donors (Lipinski definition) is 0. The van der Waals surface area contributed by atoms with Gasteiger partial charge in [-0.3, -0.25) is 19.7 Å². The molecular formula is C26H20N2O5. The zero-order valence-electron chi connectivity index (χ0n) is 18.1. The molecule has 33 heavy (non-hydrogen) atoms. The maximum Gasteiger partial charge on any atom is 0.291 e. The molecule has 0 unspecified atom stereocenters. The van der Waals surface area contributed by atoms with Gasteiger partial charge in [0, 0.05) is 18.7 Å². The zero-order chi connectivity index (χ0) is 23.3. The van der Waals surface area contributed by atoms with Crippen LogP contribution in [0.1, 0.15) is 44.4 Å². The highest BCUT2D eigenvalue weighted by atomic mass is 16.6. The Labute approximate surface area is 189 Å². The molecule has 7 nitrogen and oxygen atoms in total. The number of rotatable bonds is 4. The Morgan fingerprint density at radius 2 is 1.64 bits per heavy atom. The van der Waals surface area contributed by atoms with E-state index in [1.165, 1.54) is 12.1 Å². The normalized spacial score (nSPS) is 15.2. The van der Waals surface area contributed by atoms with Crippen molar-refractivity contribution in [3.63, 3.8) is 0 Å². The predicted octanol–water partition coefficient (Wildman–Crippen LogP) is 5.06. The van der Waals surface area contributed by atoms with E-state index >= 15 is 0 Å². The van der Waals surface area contributed by atoms with Gasteiger partial charge in [0.25, 0.3) is 11.6 Å². The van der Waals surface area contributed by atoms with E-state index in [0.717, 1.165) is 16.7 Å². The molecule has 5 rings (SSSR count). The van der Waals surface area contributed by atoms with Crippen LogP contribution in [0.4, 0.5) is 5.69 Å². The second-order valence-electron chi connectivity index (χ2n) is 8.28. The third kappa shape index (κ3) is 3.38. The predicted molar refractivity (Wildman–Crippen MR) is 123 cm³/mol. The second-order valence-corrected chi connectivity index (χ2v) is 8.28. The van der Waals surface area contributed by atoms with E-state index in [-0.39, 0.29) is 34.9 Å². The maximum absolute atomic E-state index is 13.6. The molecule has 1 aromatic heterocycles. The summed E-state index contributed by atoms with van der Waals surface area (Å²) in [6, 6.07) is 18.3. The lowest BCUT2D eigenvalue weighted by molar-refractivity contribution is -0.384. The molecule has 1 amide bonds. The zero-order valence-corrected chi connectivity index (χ0v) is 18.1. The number of aryl methyl sites for hydroxylation is 2. The van der Waals surface area contributed by atoms with Crippen molar-refractivity contribution in [2.45, 2.75) is 26.4 Å². The van der Waals surface area contributed by atoms with Gasteiger partial charge < -0.3 is 9.32 Å². The summed E-state index contributed by atoms with van der Waals surface area (Å²) in [6.07, 6.45) is 0. The Kier molecular flexibility index (Phi) is 4.82. The van der Waals surface area contributed by atoms with E-state index < -0.39 is 11.0 Å². The smallest absolute Gasteiger partial charge is 0.291 e. The first-order valence-electron chi connectivity index (χ1n) is 10.5. The highest BCUT2D eigenvalue weighted by molar-refractivity contribution is 5.99. The first-order valence-corrected chi connectivity index (χ1v) is 10.5. The van der Waals surface area contributed by atoms with Gasteiger partial charge in [-0.1, -0.05) is 30.3 Å². The molecule has 164 valence electrons. The molecule has 4 aromatic rings. The monoisotopic (exact) mass is 440 g/mol. The number of nitro groups is 1. The molecule has 0 N–H and O–H groups in total. The standard InChI is InChI=1S/C26H20N2O5/c1-15-12-20-21(13-16(15)2)33-25-22(24(20)29)23(18-8-10-19(11-9-18)28(31)32)27(26(25)30)14-17-6-4-3-5-7-17/h3-13,23H,14H2,1-2H3/t23-/m1/s1. The van der Waals surface area contributed by atoms with E-state index in [4.69, 9.17) is 4.42 Å². The number of hydrogen-bond acceptors (Lipinski definition) is 5. The Hall–Kier alpha value is -4.26. The number of nitro benzene ring substituents is 1. The fourth-order valence-corrected chi connectivity index (χ4v) is 4.34. The molecule has 0 aliphatic carbocycles. The van der Waals surface area contributed by atoms with E-state index in [1.54, 1.807) is 29.2 Å². The minimum atomic E-state index is -0.712. The summed E-state index contributed by atoms with van der Waals surface area (Å²) in [7, 11) is 0. The van der Waals surface area contributed by atoms with Gasteiger partial charge in [-0.15, -0.1) is 0 Å². The van der Waals surface area contributed by atoms with Crippen molar-refractivity contribution in [3.05, 3.63) is 121 Å². The largest absolute Gasteiger partial charge is 0.450 e. The number of carbonyl (C=O) groups is 1. The highest BCUT2D eigenvalue weighted by Crippen LogP contribution is 2.39. The lowest BCUT2D eigenvalue weighted by Gasteiger charge is -2.25. The van der Waals surface area contributed by atoms with Crippen LogP contribution in [0.5, 0.6) is 0 Å². The Bertz CT molecular complexity index is 1470. The fourth-order valence-electron chi connectivity index (χ4n) is 4.34. The topological polar surface area (TPSA) is 93.7 Å².